The Hall–Kier alpha value is -2.04. The van der Waals surface area contributed by atoms with E-state index in [1.165, 1.54) is 0 Å². The summed E-state index contributed by atoms with van der Waals surface area (Å²) in [5, 5.41) is 0. The Bertz CT molecular complexity index is 473. The molecule has 1 aromatic carbocycles. The molecule has 0 spiro atoms. The molecule has 1 aliphatic rings. The maximum absolute atomic E-state index is 12.2. The Balaban J connectivity index is 2.29. The Morgan fingerprint density at radius 1 is 1.44 bits per heavy atom. The fourth-order valence-electron chi connectivity index (χ4n) is 1.99. The normalized spacial score (nSPS) is 18.2. The number of anilines is 1. The number of primary amides is 1. The van der Waals surface area contributed by atoms with Gasteiger partial charge in [-0.05, 0) is 18.6 Å². The molecule has 2 amide bonds. The van der Waals surface area contributed by atoms with Crippen LogP contribution in [0.2, 0.25) is 0 Å². The molecule has 0 bridgehead atoms. The number of para-hydroxylation sites is 2. The van der Waals surface area contributed by atoms with Gasteiger partial charge in [0.2, 0.25) is 5.91 Å². The van der Waals surface area contributed by atoms with Gasteiger partial charge in [0.25, 0.3) is 5.91 Å². The van der Waals surface area contributed by atoms with Crippen molar-refractivity contribution >= 4 is 17.5 Å². The van der Waals surface area contributed by atoms with E-state index >= 15 is 0 Å². The van der Waals surface area contributed by atoms with Gasteiger partial charge in [0, 0.05) is 13.0 Å². The third-order valence-corrected chi connectivity index (χ3v) is 2.92. The van der Waals surface area contributed by atoms with E-state index in [4.69, 9.17) is 10.5 Å². The lowest BCUT2D eigenvalue weighted by Crippen LogP contribution is -2.46. The van der Waals surface area contributed by atoms with E-state index in [1.54, 1.807) is 11.0 Å². The lowest BCUT2D eigenvalue weighted by molar-refractivity contribution is -0.126. The summed E-state index contributed by atoms with van der Waals surface area (Å²) in [5.74, 6) is 0.144. The quantitative estimate of drug-likeness (QED) is 0.866. The number of nitrogens with two attached hydrogens (primary N) is 1. The minimum absolute atomic E-state index is 0.113. The monoisotopic (exact) mass is 248 g/mol. The molecule has 5 nitrogen and oxygen atoms in total. The summed E-state index contributed by atoms with van der Waals surface area (Å²) in [6.07, 6.45) is 0.268. The maximum Gasteiger partial charge on any atom is 0.268 e. The van der Waals surface area contributed by atoms with Crippen LogP contribution in [0.1, 0.15) is 19.8 Å². The predicted molar refractivity (Wildman–Crippen MR) is 67.3 cm³/mol. The van der Waals surface area contributed by atoms with Gasteiger partial charge < -0.3 is 15.4 Å². The van der Waals surface area contributed by atoms with Gasteiger partial charge in [-0.2, -0.15) is 0 Å². The summed E-state index contributed by atoms with van der Waals surface area (Å²) in [4.78, 5) is 24.6. The predicted octanol–water partition coefficient (Wildman–Crippen LogP) is 1.07. The zero-order chi connectivity index (χ0) is 13.1. The summed E-state index contributed by atoms with van der Waals surface area (Å²) in [7, 11) is 0. The third-order valence-electron chi connectivity index (χ3n) is 2.92. The highest BCUT2D eigenvalue weighted by molar-refractivity contribution is 6.00. The molecule has 0 aromatic heterocycles. The van der Waals surface area contributed by atoms with Crippen molar-refractivity contribution in [2.75, 3.05) is 11.4 Å². The second kappa shape index (κ2) is 5.08. The van der Waals surface area contributed by atoms with Crippen LogP contribution >= 0.6 is 0 Å². The van der Waals surface area contributed by atoms with Crippen molar-refractivity contribution < 1.29 is 14.3 Å². The van der Waals surface area contributed by atoms with Gasteiger partial charge in [0.05, 0.1) is 5.69 Å². The zero-order valence-electron chi connectivity index (χ0n) is 10.3. The molecule has 0 saturated heterocycles. The molecule has 5 heteroatoms. The van der Waals surface area contributed by atoms with Gasteiger partial charge in [-0.1, -0.05) is 19.1 Å². The van der Waals surface area contributed by atoms with Crippen molar-refractivity contribution in [2.24, 2.45) is 5.73 Å². The molecule has 0 saturated carbocycles. The lowest BCUT2D eigenvalue weighted by atomic mass is 10.1. The summed E-state index contributed by atoms with van der Waals surface area (Å²) < 4.78 is 5.62. The second-order valence-corrected chi connectivity index (χ2v) is 4.19. The summed E-state index contributed by atoms with van der Waals surface area (Å²) in [5.41, 5.74) is 5.84. The first-order valence-electron chi connectivity index (χ1n) is 5.99. The van der Waals surface area contributed by atoms with E-state index in [-0.39, 0.29) is 12.3 Å². The van der Waals surface area contributed by atoms with Gasteiger partial charge in [-0.3, -0.25) is 9.59 Å². The van der Waals surface area contributed by atoms with Gasteiger partial charge in [0.15, 0.2) is 6.10 Å². The number of nitrogens with zero attached hydrogens (tertiary/aromatic N) is 1. The van der Waals surface area contributed by atoms with Crippen LogP contribution in [-0.4, -0.2) is 24.5 Å². The number of hydrogen-bond donors (Lipinski definition) is 1. The topological polar surface area (TPSA) is 72.6 Å². The first-order valence-corrected chi connectivity index (χ1v) is 5.99. The van der Waals surface area contributed by atoms with Crippen LogP contribution in [0.5, 0.6) is 5.75 Å². The molecule has 1 aromatic rings. The van der Waals surface area contributed by atoms with E-state index in [9.17, 15) is 9.59 Å². The molecule has 0 fully saturated rings. The largest absolute Gasteiger partial charge is 0.478 e. The fraction of sp³-hybridized carbons (Fsp3) is 0.385. The van der Waals surface area contributed by atoms with E-state index in [0.29, 0.717) is 24.4 Å². The highest BCUT2D eigenvalue weighted by Gasteiger charge is 2.32. The minimum Gasteiger partial charge on any atom is -0.478 e. The molecule has 18 heavy (non-hydrogen) atoms. The third kappa shape index (κ3) is 2.30. The molecule has 2 N–H and O–H groups in total. The summed E-state index contributed by atoms with van der Waals surface area (Å²) >= 11 is 0. The number of benzene rings is 1. The van der Waals surface area contributed by atoms with Gasteiger partial charge in [-0.25, -0.2) is 0 Å². The number of rotatable bonds is 4. The number of hydrogen-bond acceptors (Lipinski definition) is 3. The number of amides is 2. The SMILES string of the molecule is CCC1Oc2ccccc2N(CCC(N)=O)C1=O. The minimum atomic E-state index is -0.479. The van der Waals surface area contributed by atoms with Crippen LogP contribution in [0, 0.1) is 0 Å². The van der Waals surface area contributed by atoms with Crippen LogP contribution in [-0.2, 0) is 9.59 Å². The first kappa shape index (κ1) is 12.4. The first-order chi connectivity index (χ1) is 8.63. The van der Waals surface area contributed by atoms with Crippen LogP contribution in [0.25, 0.3) is 0 Å². The van der Waals surface area contributed by atoms with Crippen LogP contribution < -0.4 is 15.4 Å². The van der Waals surface area contributed by atoms with Crippen LogP contribution in [0.4, 0.5) is 5.69 Å². The van der Waals surface area contributed by atoms with Gasteiger partial charge >= 0.3 is 0 Å². The molecule has 0 radical (unpaired) electrons. The van der Waals surface area contributed by atoms with Crippen LogP contribution in [0.15, 0.2) is 24.3 Å². The van der Waals surface area contributed by atoms with Crippen LogP contribution in [0.3, 0.4) is 0 Å². The maximum atomic E-state index is 12.2. The molecule has 2 rings (SSSR count). The number of carbonyl (C=O) groups excluding carboxylic acids is 2. The molecule has 1 heterocycles. The van der Waals surface area contributed by atoms with Gasteiger partial charge in [0.1, 0.15) is 5.75 Å². The molecule has 1 atom stereocenters. The lowest BCUT2D eigenvalue weighted by Gasteiger charge is -2.33. The van der Waals surface area contributed by atoms with Crippen molar-refractivity contribution in [3.63, 3.8) is 0 Å². The van der Waals surface area contributed by atoms with Crippen molar-refractivity contribution in [2.45, 2.75) is 25.9 Å². The standard InChI is InChI=1S/C13H16N2O3/c1-2-10-13(17)15(8-7-12(14)16)9-5-3-4-6-11(9)18-10/h3-6,10H,2,7-8H2,1H3,(H2,14,16). The Labute approximate surface area is 106 Å². The molecule has 1 unspecified atom stereocenters. The van der Waals surface area contributed by atoms with E-state index in [1.807, 2.05) is 25.1 Å². The van der Waals surface area contributed by atoms with E-state index < -0.39 is 12.0 Å². The average Bonchev–Trinajstić information content (AvgIpc) is 2.36. The van der Waals surface area contributed by atoms with Crippen molar-refractivity contribution in [3.8, 4) is 5.75 Å². The zero-order valence-corrected chi connectivity index (χ0v) is 10.3. The highest BCUT2D eigenvalue weighted by Crippen LogP contribution is 2.34. The Morgan fingerprint density at radius 3 is 2.83 bits per heavy atom. The molecule has 96 valence electrons. The summed E-state index contributed by atoms with van der Waals surface area (Å²) in [6.45, 7) is 2.19. The molecular weight excluding hydrogens is 232 g/mol. The molecule has 1 aliphatic heterocycles. The number of carbonyl (C=O) groups is 2. The number of fused-ring (bicyclic) bond motifs is 1. The Kier molecular flexibility index (Phi) is 3.50. The smallest absolute Gasteiger partial charge is 0.268 e. The highest BCUT2D eigenvalue weighted by atomic mass is 16.5. The Morgan fingerprint density at radius 2 is 2.17 bits per heavy atom. The number of ether oxygens (including phenoxy) is 1. The van der Waals surface area contributed by atoms with Crippen molar-refractivity contribution in [1.29, 1.82) is 0 Å². The fourth-order valence-corrected chi connectivity index (χ4v) is 1.99. The second-order valence-electron chi connectivity index (χ2n) is 4.19. The molecular formula is C13H16N2O3. The average molecular weight is 248 g/mol. The van der Waals surface area contributed by atoms with Gasteiger partial charge in [-0.15, -0.1) is 0 Å². The van der Waals surface area contributed by atoms with E-state index in [0.717, 1.165) is 0 Å². The van der Waals surface area contributed by atoms with E-state index in [2.05, 4.69) is 0 Å². The van der Waals surface area contributed by atoms with Crippen molar-refractivity contribution in [1.82, 2.24) is 0 Å². The molecule has 0 aliphatic carbocycles. The van der Waals surface area contributed by atoms with Crippen molar-refractivity contribution in [3.05, 3.63) is 24.3 Å². The summed E-state index contributed by atoms with van der Waals surface area (Å²) in [6, 6.07) is 7.31.